The molecule has 42 heavy (non-hydrogen) atoms. The summed E-state index contributed by atoms with van der Waals surface area (Å²) in [7, 11) is 8.77. The SMILES string of the molecule is COc1cc(/C=C/C(=O)O[C@@H]2C3CC(OC(=O)c4cc(OC)c(OC)c(OC)c4)CC([C@@H]2O)N3O)cc(OC)c1OC. The highest BCUT2D eigenvalue weighted by Gasteiger charge is 2.55. The lowest BCUT2D eigenvalue weighted by molar-refractivity contribution is -0.182. The lowest BCUT2D eigenvalue weighted by Crippen LogP contribution is -2.46. The number of rotatable bonds is 11. The van der Waals surface area contributed by atoms with E-state index >= 15 is 0 Å². The lowest BCUT2D eigenvalue weighted by Gasteiger charge is -2.34. The number of piperidine rings is 1. The number of carbonyl (C=O) groups excluding carboxylic acids is 2. The molecule has 0 spiro atoms. The van der Waals surface area contributed by atoms with Crippen molar-refractivity contribution >= 4 is 18.0 Å². The number of aliphatic hydroxyl groups is 1. The van der Waals surface area contributed by atoms with E-state index in [0.29, 0.717) is 28.6 Å². The number of fused-ring (bicyclic) bond motifs is 2. The Hall–Kier alpha value is -4.20. The van der Waals surface area contributed by atoms with E-state index in [1.54, 1.807) is 12.1 Å². The zero-order chi connectivity index (χ0) is 30.6. The third-order valence-corrected chi connectivity index (χ3v) is 7.32. The predicted molar refractivity (Wildman–Crippen MR) is 147 cm³/mol. The van der Waals surface area contributed by atoms with Crippen LogP contribution >= 0.6 is 0 Å². The quantitative estimate of drug-likeness (QED) is 0.292. The van der Waals surface area contributed by atoms with Gasteiger partial charge >= 0.3 is 11.9 Å². The molecule has 2 aliphatic rings. The maximum absolute atomic E-state index is 13.0. The molecule has 5 atom stereocenters. The van der Waals surface area contributed by atoms with Crippen LogP contribution in [0.3, 0.4) is 0 Å². The fourth-order valence-electron chi connectivity index (χ4n) is 5.32. The fraction of sp³-hybridized carbons (Fsp3) is 0.448. The minimum Gasteiger partial charge on any atom is -0.493 e. The Labute approximate surface area is 243 Å². The maximum atomic E-state index is 13.0. The Morgan fingerprint density at radius 2 is 1.26 bits per heavy atom. The first-order chi connectivity index (χ1) is 20.2. The molecule has 0 aromatic heterocycles. The smallest absolute Gasteiger partial charge is 0.338 e. The number of esters is 2. The number of ether oxygens (including phenoxy) is 8. The van der Waals surface area contributed by atoms with Crippen molar-refractivity contribution in [2.24, 2.45) is 0 Å². The first-order valence-corrected chi connectivity index (χ1v) is 13.0. The molecule has 13 nitrogen and oxygen atoms in total. The molecule has 2 aliphatic heterocycles. The number of hydrogen-bond donors (Lipinski definition) is 2. The van der Waals surface area contributed by atoms with Crippen LogP contribution in [0.5, 0.6) is 34.5 Å². The molecule has 2 fully saturated rings. The summed E-state index contributed by atoms with van der Waals surface area (Å²) >= 11 is 0. The van der Waals surface area contributed by atoms with Crippen molar-refractivity contribution in [2.45, 2.75) is 43.2 Å². The number of hydroxylamine groups is 2. The average molecular weight is 590 g/mol. The van der Waals surface area contributed by atoms with Crippen LogP contribution in [0.2, 0.25) is 0 Å². The first-order valence-electron chi connectivity index (χ1n) is 13.0. The van der Waals surface area contributed by atoms with Gasteiger partial charge in [-0.15, -0.1) is 0 Å². The van der Waals surface area contributed by atoms with Gasteiger partial charge in [-0.25, -0.2) is 9.59 Å². The Bertz CT molecular complexity index is 1280. The number of carbonyl (C=O) groups is 2. The molecule has 2 bridgehead atoms. The second-order valence-corrected chi connectivity index (χ2v) is 9.61. The average Bonchev–Trinajstić information content (AvgIpc) is 3.12. The monoisotopic (exact) mass is 589 g/mol. The Kier molecular flexibility index (Phi) is 9.66. The minimum absolute atomic E-state index is 0.120. The van der Waals surface area contributed by atoms with Gasteiger partial charge in [0.15, 0.2) is 23.0 Å². The summed E-state index contributed by atoms with van der Waals surface area (Å²) in [5, 5.41) is 22.5. The Balaban J connectivity index is 1.44. The van der Waals surface area contributed by atoms with Crippen LogP contribution in [-0.4, -0.2) is 100 Å². The fourth-order valence-corrected chi connectivity index (χ4v) is 5.32. The summed E-state index contributed by atoms with van der Waals surface area (Å²) < 4.78 is 43.2. The Morgan fingerprint density at radius 3 is 1.76 bits per heavy atom. The van der Waals surface area contributed by atoms with Gasteiger partial charge in [-0.05, 0) is 35.9 Å². The predicted octanol–water partition coefficient (Wildman–Crippen LogP) is 2.49. The van der Waals surface area contributed by atoms with Crippen molar-refractivity contribution in [1.82, 2.24) is 5.06 Å². The standard InChI is InChI=1S/C29H35NO12/c1-35-20-9-15(10-21(36-2)27(20)39-5)7-8-24(31)42-26-19-14-17(13-18(25(26)32)30(19)34)41-29(33)16-11-22(37-3)28(40-6)23(12-16)38-4/h7-12,17-19,25-26,32,34H,13-14H2,1-6H3/b8-7+/t17?,18?,19?,25-,26+/m0/s1. The summed E-state index contributed by atoms with van der Waals surface area (Å²) in [6.45, 7) is 0. The van der Waals surface area contributed by atoms with E-state index in [9.17, 15) is 19.9 Å². The van der Waals surface area contributed by atoms with Crippen LogP contribution in [0.1, 0.15) is 28.8 Å². The molecule has 2 N–H and O–H groups in total. The van der Waals surface area contributed by atoms with E-state index < -0.39 is 42.3 Å². The number of hydrogen-bond acceptors (Lipinski definition) is 13. The molecular weight excluding hydrogens is 554 g/mol. The topological polar surface area (TPSA) is 152 Å². The summed E-state index contributed by atoms with van der Waals surface area (Å²) in [4.78, 5) is 25.8. The van der Waals surface area contributed by atoms with Crippen LogP contribution in [0.15, 0.2) is 30.3 Å². The Morgan fingerprint density at radius 1 is 0.762 bits per heavy atom. The van der Waals surface area contributed by atoms with Crippen LogP contribution in [0, 0.1) is 0 Å². The number of aliphatic hydroxyl groups excluding tert-OH is 1. The number of benzene rings is 2. The third kappa shape index (κ3) is 6.03. The summed E-state index contributed by atoms with van der Waals surface area (Å²) in [5.74, 6) is 0.744. The third-order valence-electron chi connectivity index (χ3n) is 7.32. The second kappa shape index (κ2) is 13.2. The first kappa shape index (κ1) is 30.8. The van der Waals surface area contributed by atoms with E-state index in [0.717, 1.165) is 5.06 Å². The van der Waals surface area contributed by atoms with Crippen molar-refractivity contribution in [1.29, 1.82) is 0 Å². The van der Waals surface area contributed by atoms with Crippen LogP contribution in [0.4, 0.5) is 0 Å². The molecule has 228 valence electrons. The van der Waals surface area contributed by atoms with Gasteiger partial charge in [0.2, 0.25) is 11.5 Å². The zero-order valence-electron chi connectivity index (χ0n) is 24.2. The van der Waals surface area contributed by atoms with Gasteiger partial charge in [0.05, 0.1) is 60.3 Å². The van der Waals surface area contributed by atoms with Crippen LogP contribution < -0.4 is 28.4 Å². The molecule has 4 rings (SSSR count). The summed E-state index contributed by atoms with van der Waals surface area (Å²) in [5.41, 5.74) is 0.749. The minimum atomic E-state index is -1.21. The molecule has 2 aromatic carbocycles. The van der Waals surface area contributed by atoms with Crippen molar-refractivity contribution in [3.05, 3.63) is 41.5 Å². The number of methoxy groups -OCH3 is 6. The van der Waals surface area contributed by atoms with Gasteiger partial charge < -0.3 is 48.2 Å². The van der Waals surface area contributed by atoms with Crippen LogP contribution in [-0.2, 0) is 14.3 Å². The van der Waals surface area contributed by atoms with Crippen molar-refractivity contribution in [2.75, 3.05) is 42.7 Å². The van der Waals surface area contributed by atoms with Gasteiger partial charge in [-0.3, -0.25) is 0 Å². The molecule has 13 heteroatoms. The molecule has 3 unspecified atom stereocenters. The normalized spacial score (nSPS) is 23.3. The van der Waals surface area contributed by atoms with Gasteiger partial charge in [-0.1, -0.05) is 0 Å². The van der Waals surface area contributed by atoms with Crippen molar-refractivity contribution < 1.29 is 57.8 Å². The molecule has 0 radical (unpaired) electrons. The van der Waals surface area contributed by atoms with E-state index in [2.05, 4.69) is 0 Å². The van der Waals surface area contributed by atoms with Crippen LogP contribution in [0.25, 0.3) is 6.08 Å². The van der Waals surface area contributed by atoms with E-state index in [1.165, 1.54) is 66.9 Å². The van der Waals surface area contributed by atoms with Gasteiger partial charge in [0.1, 0.15) is 18.3 Å². The molecule has 0 amide bonds. The van der Waals surface area contributed by atoms with Gasteiger partial charge in [0.25, 0.3) is 0 Å². The highest BCUT2D eigenvalue weighted by Crippen LogP contribution is 2.41. The summed E-state index contributed by atoms with van der Waals surface area (Å²) in [6.07, 6.45) is 0.0146. The molecule has 2 heterocycles. The summed E-state index contributed by atoms with van der Waals surface area (Å²) in [6, 6.07) is 4.65. The molecular formula is C29H35NO12. The van der Waals surface area contributed by atoms with Gasteiger partial charge in [-0.2, -0.15) is 5.06 Å². The highest BCUT2D eigenvalue weighted by atomic mass is 16.6. The lowest BCUT2D eigenvalue weighted by atomic mass is 10.0. The van der Waals surface area contributed by atoms with Crippen molar-refractivity contribution in [3.8, 4) is 34.5 Å². The molecule has 2 saturated heterocycles. The van der Waals surface area contributed by atoms with E-state index in [-0.39, 0.29) is 29.9 Å². The largest absolute Gasteiger partial charge is 0.493 e. The van der Waals surface area contributed by atoms with E-state index in [4.69, 9.17) is 37.9 Å². The maximum Gasteiger partial charge on any atom is 0.338 e. The van der Waals surface area contributed by atoms with Crippen molar-refractivity contribution in [3.63, 3.8) is 0 Å². The van der Waals surface area contributed by atoms with E-state index in [1.807, 2.05) is 0 Å². The van der Waals surface area contributed by atoms with Gasteiger partial charge in [0, 0.05) is 18.9 Å². The molecule has 0 aliphatic carbocycles. The zero-order valence-corrected chi connectivity index (χ0v) is 24.2. The molecule has 0 saturated carbocycles. The highest BCUT2D eigenvalue weighted by molar-refractivity contribution is 5.91. The second-order valence-electron chi connectivity index (χ2n) is 9.61. The molecule has 2 aromatic rings. The number of nitrogens with zero attached hydrogens (tertiary/aromatic N) is 1.